The molecule has 0 saturated heterocycles. The Morgan fingerprint density at radius 2 is 0.833 bits per heavy atom. The van der Waals surface area contributed by atoms with E-state index in [-0.39, 0.29) is 10.8 Å². The maximum Gasteiger partial charge on any atom is 0.0972 e. The zero-order valence-corrected chi connectivity index (χ0v) is 30.1. The molecule has 0 unspecified atom stereocenters. The second-order valence-corrected chi connectivity index (χ2v) is 14.7. The van der Waals surface area contributed by atoms with Crippen LogP contribution >= 0.6 is 0 Å². The lowest BCUT2D eigenvalue weighted by Crippen LogP contribution is -2.12. The number of aromatic amines is 2. The van der Waals surface area contributed by atoms with Gasteiger partial charge in [-0.25, -0.2) is 9.97 Å². The van der Waals surface area contributed by atoms with Gasteiger partial charge in [-0.05, 0) is 108 Å². The zero-order chi connectivity index (χ0) is 34.4. The van der Waals surface area contributed by atoms with Crippen LogP contribution in [0.2, 0.25) is 0 Å². The third-order valence-electron chi connectivity index (χ3n) is 9.40. The summed E-state index contributed by atoms with van der Waals surface area (Å²) in [6.07, 6.45) is 3.98. The van der Waals surface area contributed by atoms with Gasteiger partial charge in [0.1, 0.15) is 0 Å². The number of H-pyrrole nitrogens is 2. The summed E-state index contributed by atoms with van der Waals surface area (Å²) in [6.45, 7) is 22.0. The highest BCUT2D eigenvalue weighted by Gasteiger charge is 2.22. The fourth-order valence-electron chi connectivity index (χ4n) is 6.45. The number of nitrogens with one attached hydrogen (secondary N) is 2. The Bertz CT molecular complexity index is 2060. The van der Waals surface area contributed by atoms with Crippen LogP contribution in [0.3, 0.4) is 0 Å². The second-order valence-electron chi connectivity index (χ2n) is 14.7. The number of fused-ring (bicyclic) bond motifs is 3. The third-order valence-corrected chi connectivity index (χ3v) is 9.40. The van der Waals surface area contributed by atoms with Gasteiger partial charge < -0.3 is 9.97 Å². The summed E-state index contributed by atoms with van der Waals surface area (Å²) in [4.78, 5) is 17.6. The van der Waals surface area contributed by atoms with E-state index < -0.39 is 0 Å². The van der Waals surface area contributed by atoms with Gasteiger partial charge in [0, 0.05) is 56.8 Å². The summed E-state index contributed by atoms with van der Waals surface area (Å²) < 4.78 is 0. The third kappa shape index (κ3) is 6.08. The monoisotopic (exact) mass is 632 g/mol. The molecule has 4 nitrogen and oxygen atoms in total. The molecule has 0 bridgehead atoms. The van der Waals surface area contributed by atoms with Crippen LogP contribution in [0, 0.1) is 13.8 Å². The van der Waals surface area contributed by atoms with Crippen molar-refractivity contribution >= 4 is 21.8 Å². The molecule has 244 valence electrons. The molecule has 3 aromatic carbocycles. The Labute approximate surface area is 285 Å². The molecule has 4 heterocycles. The van der Waals surface area contributed by atoms with E-state index in [1.807, 2.05) is 26.2 Å². The number of aromatic nitrogens is 4. The lowest BCUT2D eigenvalue weighted by Gasteiger charge is -2.23. The normalized spacial score (nSPS) is 12.0. The smallest absolute Gasteiger partial charge is 0.0972 e. The Balaban J connectivity index is 0.00000197. The van der Waals surface area contributed by atoms with Crippen LogP contribution in [0.4, 0.5) is 0 Å². The van der Waals surface area contributed by atoms with Crippen molar-refractivity contribution < 1.29 is 0 Å². The first-order chi connectivity index (χ1) is 22.9. The number of hydrogen-bond acceptors (Lipinski definition) is 2. The summed E-state index contributed by atoms with van der Waals surface area (Å²) in [5.41, 5.74) is 15.7. The highest BCUT2D eigenvalue weighted by atomic mass is 14.8. The van der Waals surface area contributed by atoms with Gasteiger partial charge in [-0.3, -0.25) is 0 Å². The molecular formula is C44H48N4. The minimum Gasteiger partial charge on any atom is -0.361 e. The van der Waals surface area contributed by atoms with E-state index in [0.717, 1.165) is 55.7 Å². The molecule has 2 N–H and O–H groups in total. The van der Waals surface area contributed by atoms with Gasteiger partial charge in [0.2, 0.25) is 0 Å². The van der Waals surface area contributed by atoms with Gasteiger partial charge in [-0.1, -0.05) is 79.7 Å². The largest absolute Gasteiger partial charge is 0.361 e. The van der Waals surface area contributed by atoms with Crippen LogP contribution in [0.5, 0.6) is 0 Å². The van der Waals surface area contributed by atoms with Crippen LogP contribution < -0.4 is 0 Å². The lowest BCUT2D eigenvalue weighted by atomic mass is 9.82. The van der Waals surface area contributed by atoms with Gasteiger partial charge in [0.15, 0.2) is 0 Å². The summed E-state index contributed by atoms with van der Waals surface area (Å²) in [5.74, 6) is 0. The van der Waals surface area contributed by atoms with Crippen LogP contribution in [0.1, 0.15) is 77.6 Å². The van der Waals surface area contributed by atoms with Gasteiger partial charge in [0.05, 0.1) is 22.4 Å². The van der Waals surface area contributed by atoms with Crippen molar-refractivity contribution in [2.24, 2.45) is 0 Å². The van der Waals surface area contributed by atoms with E-state index >= 15 is 0 Å². The number of benzene rings is 3. The highest BCUT2D eigenvalue weighted by molar-refractivity contribution is 6.04. The Morgan fingerprint density at radius 1 is 0.479 bits per heavy atom. The van der Waals surface area contributed by atoms with Crippen molar-refractivity contribution in [3.05, 3.63) is 120 Å². The molecule has 0 saturated carbocycles. The van der Waals surface area contributed by atoms with Crippen molar-refractivity contribution in [1.29, 1.82) is 0 Å². The van der Waals surface area contributed by atoms with E-state index in [0.29, 0.717) is 0 Å². The Kier molecular flexibility index (Phi) is 8.63. The minimum atomic E-state index is -0.0117. The Hall–Kier alpha value is -4.96. The first-order valence-corrected chi connectivity index (χ1v) is 17.2. The van der Waals surface area contributed by atoms with E-state index in [9.17, 15) is 0 Å². The van der Waals surface area contributed by atoms with Gasteiger partial charge >= 0.3 is 0 Å². The molecule has 0 amide bonds. The maximum absolute atomic E-state index is 5.37. The van der Waals surface area contributed by atoms with Crippen molar-refractivity contribution in [2.45, 2.75) is 80.1 Å². The summed E-state index contributed by atoms with van der Waals surface area (Å²) in [6, 6.07) is 30.7. The van der Waals surface area contributed by atoms with E-state index in [1.54, 1.807) is 0 Å². The van der Waals surface area contributed by atoms with Crippen molar-refractivity contribution in [1.82, 2.24) is 19.9 Å². The number of hydrogen-bond donors (Lipinski definition) is 2. The van der Waals surface area contributed by atoms with Crippen LogP contribution in [0.25, 0.3) is 66.8 Å². The molecule has 0 spiro atoms. The van der Waals surface area contributed by atoms with Crippen LogP contribution in [0.15, 0.2) is 97.3 Å². The topological polar surface area (TPSA) is 57.4 Å². The van der Waals surface area contributed by atoms with Gasteiger partial charge in [-0.15, -0.1) is 0 Å². The predicted molar refractivity (Wildman–Crippen MR) is 206 cm³/mol. The zero-order valence-electron chi connectivity index (χ0n) is 30.1. The van der Waals surface area contributed by atoms with E-state index in [2.05, 4.69) is 150 Å². The first kappa shape index (κ1) is 33.0. The summed E-state index contributed by atoms with van der Waals surface area (Å²) in [7, 11) is 0. The summed E-state index contributed by atoms with van der Waals surface area (Å²) in [5, 5.41) is 2.17. The van der Waals surface area contributed by atoms with E-state index in [1.165, 1.54) is 33.4 Å². The van der Waals surface area contributed by atoms with Gasteiger partial charge in [0.25, 0.3) is 0 Å². The molecule has 7 rings (SSSR count). The van der Waals surface area contributed by atoms with Crippen LogP contribution in [-0.4, -0.2) is 19.9 Å². The van der Waals surface area contributed by atoms with Crippen LogP contribution in [-0.2, 0) is 10.8 Å². The second kappa shape index (κ2) is 12.6. The number of nitrogens with zero attached hydrogens (tertiary/aromatic N) is 2. The molecule has 7 aromatic rings. The SMILES string of the molecule is CC.Cc1c(-c2ccc3ccc4ccc(-c5cc(C(C)(C)C)cc(-c6ccc[nH]6)c5C)nc4c3n2)cc(C(C)(C)C)cc1-c1ccc[nH]1. The quantitative estimate of drug-likeness (QED) is 0.190. The highest BCUT2D eigenvalue weighted by Crippen LogP contribution is 2.39. The minimum absolute atomic E-state index is 0.0117. The first-order valence-electron chi connectivity index (χ1n) is 17.2. The molecule has 0 fully saturated rings. The molecule has 0 aliphatic carbocycles. The molecule has 4 heteroatoms. The predicted octanol–water partition coefficient (Wildman–Crippen LogP) is 12.3. The molecule has 0 aliphatic heterocycles. The lowest BCUT2D eigenvalue weighted by molar-refractivity contribution is 0.590. The average Bonchev–Trinajstić information content (AvgIpc) is 3.80. The van der Waals surface area contributed by atoms with E-state index in [4.69, 9.17) is 9.97 Å². The number of pyridine rings is 2. The molecule has 0 radical (unpaired) electrons. The Morgan fingerprint density at radius 3 is 1.17 bits per heavy atom. The summed E-state index contributed by atoms with van der Waals surface area (Å²) >= 11 is 0. The molecule has 48 heavy (non-hydrogen) atoms. The molecule has 0 aliphatic rings. The average molecular weight is 633 g/mol. The van der Waals surface area contributed by atoms with Crippen molar-refractivity contribution in [2.75, 3.05) is 0 Å². The van der Waals surface area contributed by atoms with Crippen molar-refractivity contribution in [3.8, 4) is 45.0 Å². The molecule has 0 atom stereocenters. The maximum atomic E-state index is 5.37. The molecular weight excluding hydrogens is 585 g/mol. The fraction of sp³-hybridized carbons (Fsp3) is 0.273. The standard InChI is InChI=1S/C42H42N4.C2H6/c1-25-31(35-11-9-19-43-35)21-29(41(3,4)5)23-33(25)37-17-15-27-13-14-28-16-18-38(46-40(28)39(27)45-37)34-24-30(42(6,7)8)22-32(26(34)2)36-12-10-20-44-36;1-2/h9-24,43-44H,1-8H3;1-2H3. The van der Waals surface area contributed by atoms with Gasteiger partial charge in [-0.2, -0.15) is 0 Å². The fourth-order valence-corrected chi connectivity index (χ4v) is 6.45. The molecule has 4 aromatic heterocycles. The number of rotatable bonds is 4. The van der Waals surface area contributed by atoms with Crippen molar-refractivity contribution in [3.63, 3.8) is 0 Å².